The van der Waals surface area contributed by atoms with E-state index in [9.17, 15) is 4.21 Å². The van der Waals surface area contributed by atoms with Gasteiger partial charge in [-0.3, -0.25) is 10.1 Å². The molecule has 1 fully saturated rings. The second-order valence-electron chi connectivity index (χ2n) is 2.41. The minimum absolute atomic E-state index is 0.656. The van der Waals surface area contributed by atoms with Gasteiger partial charge in [-0.15, -0.1) is 0 Å². The topological polar surface area (TPSA) is 46.3 Å². The molecule has 2 N–H and O–H groups in total. The molecule has 1 aliphatic rings. The Bertz CT molecular complexity index is 171. The average molecular weight is 148 g/mol. The molecule has 0 aromatic carbocycles. The van der Waals surface area contributed by atoms with E-state index in [0.717, 1.165) is 13.1 Å². The van der Waals surface area contributed by atoms with Crippen molar-refractivity contribution in [3.05, 3.63) is 0 Å². The molecule has 1 saturated heterocycles. The molecule has 0 atom stereocenters. The fraction of sp³-hybridized carbons (Fsp3) is 0.800. The van der Waals surface area contributed by atoms with Crippen LogP contribution in [0.4, 0.5) is 0 Å². The van der Waals surface area contributed by atoms with Crippen molar-refractivity contribution in [2.24, 2.45) is 5.84 Å². The van der Waals surface area contributed by atoms with Crippen molar-refractivity contribution in [3.8, 4) is 0 Å². The summed E-state index contributed by atoms with van der Waals surface area (Å²) in [6, 6.07) is 0. The van der Waals surface area contributed by atoms with Crippen LogP contribution in [0.3, 0.4) is 0 Å². The predicted octanol–water partition coefficient (Wildman–Crippen LogP) is -1.11. The van der Waals surface area contributed by atoms with E-state index in [0.29, 0.717) is 11.5 Å². The lowest BCUT2D eigenvalue weighted by atomic mass is 10.6. The van der Waals surface area contributed by atoms with Crippen LogP contribution in [0.5, 0.6) is 0 Å². The summed E-state index contributed by atoms with van der Waals surface area (Å²) in [5.74, 6) is 10.4. The predicted molar refractivity (Wildman–Crippen MR) is 40.8 cm³/mol. The third-order valence-electron chi connectivity index (χ3n) is 1.50. The molecule has 1 rings (SSSR count). The van der Waals surface area contributed by atoms with Gasteiger partial charge in [0.1, 0.15) is 0 Å². The zero-order valence-corrected chi connectivity index (χ0v) is 6.19. The van der Waals surface area contributed by atoms with Crippen LogP contribution >= 0.6 is 0 Å². The summed E-state index contributed by atoms with van der Waals surface area (Å²) in [6.45, 7) is 1.45. The molecular weight excluding hydrogens is 136 g/mol. The molecule has 0 aliphatic carbocycles. The number of nitrogens with zero attached hydrogens (tertiary/aromatic N) is 1. The average Bonchev–Trinajstić information content (AvgIpc) is 1.78. The van der Waals surface area contributed by atoms with Gasteiger partial charge < -0.3 is 0 Å². The van der Waals surface area contributed by atoms with E-state index in [1.54, 1.807) is 5.01 Å². The molecule has 0 unspecified atom stereocenters. The summed E-state index contributed by atoms with van der Waals surface area (Å²) in [6.07, 6.45) is 0. The van der Waals surface area contributed by atoms with Gasteiger partial charge in [-0.25, -0.2) is 5.01 Å². The highest BCUT2D eigenvalue weighted by atomic mass is 32.2. The standard InChI is InChI=1S/C5H12N2OS/c1-9(8)4-2-7(6)3-5-9/h1-6H2. The molecule has 54 valence electrons. The van der Waals surface area contributed by atoms with Crippen LogP contribution in [-0.2, 0) is 9.52 Å². The zero-order chi connectivity index (χ0) is 6.91. The summed E-state index contributed by atoms with van der Waals surface area (Å²) in [5.41, 5.74) is 0. The van der Waals surface area contributed by atoms with Crippen LogP contribution in [-0.4, -0.2) is 39.7 Å². The monoisotopic (exact) mass is 148 g/mol. The Balaban J connectivity index is 2.55. The van der Waals surface area contributed by atoms with Gasteiger partial charge in [-0.1, -0.05) is 0 Å². The molecule has 0 aromatic heterocycles. The molecular formula is C5H12N2OS. The second-order valence-corrected chi connectivity index (χ2v) is 5.16. The fourth-order valence-electron chi connectivity index (χ4n) is 0.781. The lowest BCUT2D eigenvalue weighted by Gasteiger charge is -2.23. The van der Waals surface area contributed by atoms with Crippen LogP contribution in [0.1, 0.15) is 0 Å². The molecule has 4 heteroatoms. The second kappa shape index (κ2) is 2.28. The Labute approximate surface area is 55.8 Å². The van der Waals surface area contributed by atoms with Gasteiger partial charge in [0.05, 0.1) is 0 Å². The van der Waals surface area contributed by atoms with Crippen molar-refractivity contribution in [3.63, 3.8) is 0 Å². The third kappa shape index (κ3) is 1.97. The number of hydrazine groups is 1. The van der Waals surface area contributed by atoms with E-state index in [-0.39, 0.29) is 0 Å². The van der Waals surface area contributed by atoms with E-state index in [4.69, 9.17) is 5.84 Å². The van der Waals surface area contributed by atoms with E-state index in [2.05, 4.69) is 5.87 Å². The van der Waals surface area contributed by atoms with Gasteiger partial charge in [-0.2, -0.15) is 0 Å². The SMILES string of the molecule is C=S1(=O)CCN(N)CC1. The van der Waals surface area contributed by atoms with Gasteiger partial charge in [0, 0.05) is 24.6 Å². The van der Waals surface area contributed by atoms with Crippen LogP contribution in [0, 0.1) is 0 Å². The summed E-state index contributed by atoms with van der Waals surface area (Å²) in [5, 5.41) is 1.69. The van der Waals surface area contributed by atoms with Crippen molar-refractivity contribution >= 4 is 15.4 Å². The largest absolute Gasteiger partial charge is 0.269 e. The van der Waals surface area contributed by atoms with Gasteiger partial charge in [-0.05, 0) is 15.4 Å². The van der Waals surface area contributed by atoms with E-state index >= 15 is 0 Å². The van der Waals surface area contributed by atoms with Gasteiger partial charge in [0.2, 0.25) is 0 Å². The fourth-order valence-corrected chi connectivity index (χ4v) is 2.12. The molecule has 0 saturated carbocycles. The number of rotatable bonds is 0. The Morgan fingerprint density at radius 1 is 1.44 bits per heavy atom. The molecule has 9 heavy (non-hydrogen) atoms. The van der Waals surface area contributed by atoms with Crippen LogP contribution in [0.2, 0.25) is 0 Å². The van der Waals surface area contributed by atoms with E-state index in [1.807, 2.05) is 0 Å². The number of hydrogen-bond acceptors (Lipinski definition) is 3. The Morgan fingerprint density at radius 2 is 1.89 bits per heavy atom. The highest BCUT2D eigenvalue weighted by Crippen LogP contribution is 1.97. The maximum Gasteiger partial charge on any atom is 0.0301 e. The molecule has 1 aliphatic heterocycles. The molecule has 0 spiro atoms. The molecule has 0 radical (unpaired) electrons. The highest BCUT2D eigenvalue weighted by molar-refractivity contribution is 8.00. The van der Waals surface area contributed by atoms with Crippen molar-refractivity contribution < 1.29 is 4.21 Å². The minimum atomic E-state index is -1.74. The zero-order valence-electron chi connectivity index (χ0n) is 5.38. The van der Waals surface area contributed by atoms with Gasteiger partial charge in [0.15, 0.2) is 0 Å². The van der Waals surface area contributed by atoms with Crippen molar-refractivity contribution in [1.82, 2.24) is 5.01 Å². The smallest absolute Gasteiger partial charge is 0.0301 e. The van der Waals surface area contributed by atoms with E-state index in [1.165, 1.54) is 0 Å². The lowest BCUT2D eigenvalue weighted by Crippen LogP contribution is -2.44. The first kappa shape index (κ1) is 7.05. The maximum atomic E-state index is 11.2. The van der Waals surface area contributed by atoms with Crippen LogP contribution < -0.4 is 5.84 Å². The molecule has 0 bridgehead atoms. The Kier molecular flexibility index (Phi) is 1.79. The minimum Gasteiger partial charge on any atom is -0.269 e. The van der Waals surface area contributed by atoms with Gasteiger partial charge >= 0.3 is 0 Å². The van der Waals surface area contributed by atoms with Gasteiger partial charge in [0.25, 0.3) is 0 Å². The third-order valence-corrected chi connectivity index (χ3v) is 3.35. The Hall–Kier alpha value is -0.0600. The first-order valence-corrected chi connectivity index (χ1v) is 4.99. The highest BCUT2D eigenvalue weighted by Gasteiger charge is 2.13. The molecule has 0 amide bonds. The van der Waals surface area contributed by atoms with Crippen LogP contribution in [0.25, 0.3) is 0 Å². The normalized spacial score (nSPS) is 28.1. The van der Waals surface area contributed by atoms with Crippen molar-refractivity contribution in [2.75, 3.05) is 24.6 Å². The summed E-state index contributed by atoms with van der Waals surface area (Å²) in [7, 11) is -1.74. The lowest BCUT2D eigenvalue weighted by molar-refractivity contribution is 0.311. The first-order chi connectivity index (χ1) is 4.10. The summed E-state index contributed by atoms with van der Waals surface area (Å²) < 4.78 is 11.2. The Morgan fingerprint density at radius 3 is 2.22 bits per heavy atom. The van der Waals surface area contributed by atoms with E-state index < -0.39 is 9.52 Å². The first-order valence-electron chi connectivity index (χ1n) is 2.92. The summed E-state index contributed by atoms with van der Waals surface area (Å²) in [4.78, 5) is 0. The maximum absolute atomic E-state index is 11.2. The summed E-state index contributed by atoms with van der Waals surface area (Å²) >= 11 is 0. The molecule has 1 heterocycles. The van der Waals surface area contributed by atoms with Crippen molar-refractivity contribution in [1.29, 1.82) is 0 Å². The molecule has 0 aromatic rings. The molecule has 3 nitrogen and oxygen atoms in total. The number of nitrogens with two attached hydrogens (primary N) is 1. The number of hydrogen-bond donors (Lipinski definition) is 1. The van der Waals surface area contributed by atoms with Crippen molar-refractivity contribution in [2.45, 2.75) is 0 Å². The van der Waals surface area contributed by atoms with Crippen LogP contribution in [0.15, 0.2) is 0 Å². The quantitative estimate of drug-likeness (QED) is 0.350.